The summed E-state index contributed by atoms with van der Waals surface area (Å²) in [5.74, 6) is 0.824. The Labute approximate surface area is 120 Å². The van der Waals surface area contributed by atoms with E-state index in [2.05, 4.69) is 39.0 Å². The van der Waals surface area contributed by atoms with Gasteiger partial charge in [-0.1, -0.05) is 50.8 Å². The van der Waals surface area contributed by atoms with Crippen LogP contribution in [0.2, 0.25) is 0 Å². The van der Waals surface area contributed by atoms with Crippen LogP contribution in [0.5, 0.6) is 0 Å². The quantitative estimate of drug-likeness (QED) is 0.661. The van der Waals surface area contributed by atoms with Crippen LogP contribution in [0.1, 0.15) is 45.2 Å². The third-order valence-corrected chi connectivity index (χ3v) is 3.69. The summed E-state index contributed by atoms with van der Waals surface area (Å²) >= 11 is 1.36. The van der Waals surface area contributed by atoms with Gasteiger partial charge in [0.05, 0.1) is 0 Å². The van der Waals surface area contributed by atoms with Gasteiger partial charge in [-0.15, -0.1) is 0 Å². The molecule has 1 aromatic rings. The molecule has 19 heavy (non-hydrogen) atoms. The minimum Gasteiger partial charge on any atom is -0.398 e. The molecular weight excluding hydrogens is 254 g/mol. The van der Waals surface area contributed by atoms with Gasteiger partial charge in [0.25, 0.3) is 0 Å². The monoisotopic (exact) mass is 277 g/mol. The largest absolute Gasteiger partial charge is 0.398 e. The van der Waals surface area contributed by atoms with Gasteiger partial charge >= 0.3 is 0 Å². The number of hydrogen-bond donors (Lipinski definition) is 1. The van der Waals surface area contributed by atoms with Crippen molar-refractivity contribution in [3.8, 4) is 0 Å². The molecule has 0 saturated carbocycles. The molecule has 104 valence electrons. The molecule has 3 heteroatoms. The minimum absolute atomic E-state index is 0.126. The van der Waals surface area contributed by atoms with Crippen LogP contribution in [0, 0.1) is 0 Å². The summed E-state index contributed by atoms with van der Waals surface area (Å²) in [5, 5.41) is 0.169. The van der Waals surface area contributed by atoms with E-state index in [-0.39, 0.29) is 10.5 Å². The topological polar surface area (TPSA) is 43.1 Å². The van der Waals surface area contributed by atoms with Crippen LogP contribution in [0.3, 0.4) is 0 Å². The predicted molar refractivity (Wildman–Crippen MR) is 86.3 cm³/mol. The lowest BCUT2D eigenvalue weighted by Gasteiger charge is -2.20. The van der Waals surface area contributed by atoms with E-state index in [1.54, 1.807) is 6.92 Å². The number of rotatable bonds is 4. The van der Waals surface area contributed by atoms with Crippen LogP contribution < -0.4 is 5.73 Å². The summed E-state index contributed by atoms with van der Waals surface area (Å²) in [6.07, 6.45) is 5.00. The number of thioether (sulfide) groups is 1. The van der Waals surface area contributed by atoms with Gasteiger partial charge in [0.15, 0.2) is 5.12 Å². The van der Waals surface area contributed by atoms with Gasteiger partial charge in [-0.2, -0.15) is 0 Å². The van der Waals surface area contributed by atoms with Gasteiger partial charge in [-0.05, 0) is 35.1 Å². The summed E-state index contributed by atoms with van der Waals surface area (Å²) in [4.78, 5) is 10.8. The summed E-state index contributed by atoms with van der Waals surface area (Å²) < 4.78 is 0. The Bertz CT molecular complexity index is 472. The first-order chi connectivity index (χ1) is 8.80. The van der Waals surface area contributed by atoms with Gasteiger partial charge in [-0.25, -0.2) is 0 Å². The fraction of sp³-hybridized carbons (Fsp3) is 0.438. The lowest BCUT2D eigenvalue weighted by atomic mass is 9.86. The Balaban J connectivity index is 2.72. The Morgan fingerprint density at radius 2 is 2.05 bits per heavy atom. The lowest BCUT2D eigenvalue weighted by Crippen LogP contribution is -2.11. The maximum atomic E-state index is 10.8. The minimum atomic E-state index is 0.126. The molecule has 2 nitrogen and oxygen atoms in total. The molecule has 0 unspecified atom stereocenters. The van der Waals surface area contributed by atoms with Crippen LogP contribution >= 0.6 is 11.8 Å². The van der Waals surface area contributed by atoms with Crippen molar-refractivity contribution < 1.29 is 4.79 Å². The van der Waals surface area contributed by atoms with Crippen LogP contribution in [0.15, 0.2) is 24.3 Å². The van der Waals surface area contributed by atoms with Crippen molar-refractivity contribution in [3.05, 3.63) is 35.4 Å². The molecule has 0 aliphatic heterocycles. The molecule has 1 aromatic carbocycles. The van der Waals surface area contributed by atoms with Gasteiger partial charge in [-0.3, -0.25) is 4.79 Å². The van der Waals surface area contributed by atoms with Gasteiger partial charge < -0.3 is 5.73 Å². The van der Waals surface area contributed by atoms with E-state index < -0.39 is 0 Å². The summed E-state index contributed by atoms with van der Waals surface area (Å²) in [6.45, 7) is 8.17. The maximum Gasteiger partial charge on any atom is 0.185 e. The van der Waals surface area contributed by atoms with E-state index in [1.807, 2.05) is 12.1 Å². The molecule has 0 bridgehead atoms. The Kier molecular flexibility index (Phi) is 5.67. The number of carbonyl (C=O) groups is 1. The highest BCUT2D eigenvalue weighted by molar-refractivity contribution is 8.13. The normalized spacial score (nSPS) is 12.0. The van der Waals surface area contributed by atoms with Gasteiger partial charge in [0, 0.05) is 18.4 Å². The average Bonchev–Trinajstić information content (AvgIpc) is 2.29. The molecule has 0 aromatic heterocycles. The van der Waals surface area contributed by atoms with E-state index in [4.69, 9.17) is 5.73 Å². The predicted octanol–water partition coefficient (Wildman–Crippen LogP) is 4.25. The van der Waals surface area contributed by atoms with Crippen molar-refractivity contribution >= 4 is 28.6 Å². The summed E-state index contributed by atoms with van der Waals surface area (Å²) in [6, 6.07) is 6.19. The fourth-order valence-corrected chi connectivity index (χ4v) is 2.21. The van der Waals surface area contributed by atoms with Crippen molar-refractivity contribution in [3.63, 3.8) is 0 Å². The van der Waals surface area contributed by atoms with Crippen molar-refractivity contribution in [1.82, 2.24) is 0 Å². The van der Waals surface area contributed by atoms with Crippen LogP contribution in [-0.4, -0.2) is 10.9 Å². The summed E-state index contributed by atoms with van der Waals surface area (Å²) in [7, 11) is 0. The first-order valence-electron chi connectivity index (χ1n) is 6.50. The van der Waals surface area contributed by atoms with Crippen molar-refractivity contribution in [2.45, 2.75) is 39.5 Å². The first-order valence-corrected chi connectivity index (χ1v) is 7.49. The third-order valence-electron chi connectivity index (χ3n) is 2.84. The lowest BCUT2D eigenvalue weighted by molar-refractivity contribution is -0.109. The summed E-state index contributed by atoms with van der Waals surface area (Å²) in [5.41, 5.74) is 9.24. The van der Waals surface area contributed by atoms with E-state index in [0.29, 0.717) is 0 Å². The number of benzene rings is 1. The highest BCUT2D eigenvalue weighted by Crippen LogP contribution is 2.26. The third kappa shape index (κ3) is 5.52. The zero-order valence-corrected chi connectivity index (χ0v) is 13.0. The van der Waals surface area contributed by atoms with Crippen molar-refractivity contribution in [2.75, 3.05) is 11.5 Å². The number of nitrogen functional groups attached to an aromatic ring is 1. The van der Waals surface area contributed by atoms with Gasteiger partial charge in [0.2, 0.25) is 0 Å². The number of nitrogens with two attached hydrogens (primary N) is 1. The highest BCUT2D eigenvalue weighted by Gasteiger charge is 2.14. The number of allylic oxidation sites excluding steroid dienone is 1. The number of carbonyl (C=O) groups excluding carboxylic acids is 1. The Hall–Kier alpha value is -1.22. The molecule has 0 saturated heterocycles. The second kappa shape index (κ2) is 6.80. The molecular formula is C16H23NOS. The number of hydrogen-bond acceptors (Lipinski definition) is 3. The van der Waals surface area contributed by atoms with Crippen molar-refractivity contribution in [2.24, 2.45) is 0 Å². The molecule has 0 amide bonds. The van der Waals surface area contributed by atoms with Gasteiger partial charge in [0.1, 0.15) is 0 Å². The van der Waals surface area contributed by atoms with Crippen LogP contribution in [-0.2, 0) is 10.2 Å². The number of anilines is 1. The van der Waals surface area contributed by atoms with E-state index >= 15 is 0 Å². The second-order valence-electron chi connectivity index (χ2n) is 5.62. The standard InChI is InChI=1S/C16H23NOS/c1-12(18)19-10-6-5-7-13-11-14(16(2,3)4)8-9-15(13)17/h5,7-9,11H,6,10,17H2,1-4H3. The van der Waals surface area contributed by atoms with E-state index in [0.717, 1.165) is 23.4 Å². The molecule has 1 rings (SSSR count). The van der Waals surface area contributed by atoms with Crippen LogP contribution in [0.4, 0.5) is 5.69 Å². The SMILES string of the molecule is CC(=O)SCCC=Cc1cc(C(C)(C)C)ccc1N. The van der Waals surface area contributed by atoms with Crippen LogP contribution in [0.25, 0.3) is 6.08 Å². The Morgan fingerprint density at radius 1 is 1.37 bits per heavy atom. The molecule has 0 heterocycles. The molecule has 0 aliphatic carbocycles. The average molecular weight is 277 g/mol. The molecule has 0 spiro atoms. The molecule has 0 radical (unpaired) electrons. The van der Waals surface area contributed by atoms with E-state index in [1.165, 1.54) is 17.3 Å². The zero-order chi connectivity index (χ0) is 14.5. The van der Waals surface area contributed by atoms with E-state index in [9.17, 15) is 4.79 Å². The maximum absolute atomic E-state index is 10.8. The zero-order valence-electron chi connectivity index (χ0n) is 12.2. The molecule has 2 N–H and O–H groups in total. The smallest absolute Gasteiger partial charge is 0.185 e. The second-order valence-corrected chi connectivity index (χ2v) is 6.90. The molecule has 0 atom stereocenters. The highest BCUT2D eigenvalue weighted by atomic mass is 32.2. The molecule has 0 fully saturated rings. The molecule has 0 aliphatic rings. The Morgan fingerprint density at radius 3 is 2.63 bits per heavy atom. The fourth-order valence-electron chi connectivity index (χ4n) is 1.67. The van der Waals surface area contributed by atoms with Crippen molar-refractivity contribution in [1.29, 1.82) is 0 Å². The first kappa shape index (κ1) is 15.8.